The van der Waals surface area contributed by atoms with Crippen molar-refractivity contribution in [3.05, 3.63) is 60.2 Å². The molecule has 2 rings (SSSR count). The standard InChI is InChI=1S/C17H20N2O2/c18-15-9-4-5-10-16(15)21-12-6-11-17(20)19-13-14-7-2-1-3-8-14/h1-5,7-10H,6,11-13,18H2,(H,19,20). The van der Waals surface area contributed by atoms with E-state index in [9.17, 15) is 4.79 Å². The highest BCUT2D eigenvalue weighted by atomic mass is 16.5. The maximum atomic E-state index is 11.7. The van der Waals surface area contributed by atoms with Crippen LogP contribution in [-0.4, -0.2) is 12.5 Å². The van der Waals surface area contributed by atoms with Crippen molar-refractivity contribution in [3.63, 3.8) is 0 Å². The fourth-order valence-electron chi connectivity index (χ4n) is 1.91. The molecule has 0 aliphatic heterocycles. The summed E-state index contributed by atoms with van der Waals surface area (Å²) in [6.45, 7) is 1.04. The zero-order chi connectivity index (χ0) is 14.9. The number of benzene rings is 2. The van der Waals surface area contributed by atoms with Crippen molar-refractivity contribution in [1.29, 1.82) is 0 Å². The Morgan fingerprint density at radius 2 is 1.76 bits per heavy atom. The number of hydrogen-bond donors (Lipinski definition) is 2. The number of anilines is 1. The van der Waals surface area contributed by atoms with Crippen LogP contribution in [0, 0.1) is 0 Å². The molecule has 0 spiro atoms. The van der Waals surface area contributed by atoms with E-state index >= 15 is 0 Å². The van der Waals surface area contributed by atoms with E-state index in [1.807, 2.05) is 48.5 Å². The number of para-hydroxylation sites is 2. The summed E-state index contributed by atoms with van der Waals surface area (Å²) in [7, 11) is 0. The Bertz CT molecular complexity index is 570. The van der Waals surface area contributed by atoms with E-state index in [4.69, 9.17) is 10.5 Å². The van der Waals surface area contributed by atoms with Gasteiger partial charge in [0.2, 0.25) is 5.91 Å². The lowest BCUT2D eigenvalue weighted by Gasteiger charge is -2.08. The first kappa shape index (κ1) is 14.9. The highest BCUT2D eigenvalue weighted by Crippen LogP contribution is 2.19. The van der Waals surface area contributed by atoms with Crippen LogP contribution >= 0.6 is 0 Å². The van der Waals surface area contributed by atoms with Gasteiger partial charge in [-0.05, 0) is 24.1 Å². The third kappa shape index (κ3) is 5.18. The van der Waals surface area contributed by atoms with Crippen molar-refractivity contribution in [2.45, 2.75) is 19.4 Å². The second-order valence-corrected chi connectivity index (χ2v) is 4.75. The van der Waals surface area contributed by atoms with E-state index in [1.54, 1.807) is 6.07 Å². The van der Waals surface area contributed by atoms with E-state index in [0.29, 0.717) is 37.4 Å². The van der Waals surface area contributed by atoms with Crippen LogP contribution in [0.1, 0.15) is 18.4 Å². The molecule has 0 saturated carbocycles. The lowest BCUT2D eigenvalue weighted by atomic mass is 10.2. The molecular weight excluding hydrogens is 264 g/mol. The van der Waals surface area contributed by atoms with Crippen molar-refractivity contribution in [2.24, 2.45) is 0 Å². The largest absolute Gasteiger partial charge is 0.491 e. The smallest absolute Gasteiger partial charge is 0.220 e. The number of amides is 1. The first-order chi connectivity index (χ1) is 10.3. The molecule has 0 heterocycles. The minimum absolute atomic E-state index is 0.0310. The molecule has 0 fully saturated rings. The van der Waals surface area contributed by atoms with E-state index in [0.717, 1.165) is 5.56 Å². The van der Waals surface area contributed by atoms with Crippen LogP contribution in [0.15, 0.2) is 54.6 Å². The Hall–Kier alpha value is -2.49. The minimum atomic E-state index is 0.0310. The van der Waals surface area contributed by atoms with Crippen LogP contribution in [0.4, 0.5) is 5.69 Å². The number of rotatable bonds is 7. The van der Waals surface area contributed by atoms with Gasteiger partial charge in [-0.3, -0.25) is 4.79 Å². The SMILES string of the molecule is Nc1ccccc1OCCCC(=O)NCc1ccccc1. The topological polar surface area (TPSA) is 64.3 Å². The highest BCUT2D eigenvalue weighted by molar-refractivity contribution is 5.75. The quantitative estimate of drug-likeness (QED) is 0.607. The Kier molecular flexibility index (Phi) is 5.64. The molecule has 110 valence electrons. The van der Waals surface area contributed by atoms with Crippen molar-refractivity contribution < 1.29 is 9.53 Å². The molecule has 1 amide bonds. The van der Waals surface area contributed by atoms with Gasteiger partial charge in [0.05, 0.1) is 12.3 Å². The molecule has 0 aromatic heterocycles. The summed E-state index contributed by atoms with van der Waals surface area (Å²) < 4.78 is 5.54. The van der Waals surface area contributed by atoms with Crippen LogP contribution in [0.3, 0.4) is 0 Å². The Balaban J connectivity index is 1.62. The lowest BCUT2D eigenvalue weighted by Crippen LogP contribution is -2.22. The number of carbonyl (C=O) groups is 1. The average Bonchev–Trinajstić information content (AvgIpc) is 2.52. The van der Waals surface area contributed by atoms with Crippen molar-refractivity contribution in [2.75, 3.05) is 12.3 Å². The van der Waals surface area contributed by atoms with Crippen molar-refractivity contribution >= 4 is 11.6 Å². The van der Waals surface area contributed by atoms with Crippen LogP contribution in [0.25, 0.3) is 0 Å². The fourth-order valence-corrected chi connectivity index (χ4v) is 1.91. The predicted octanol–water partition coefficient (Wildman–Crippen LogP) is 2.74. The molecule has 0 aliphatic rings. The summed E-state index contributed by atoms with van der Waals surface area (Å²) in [4.78, 5) is 11.7. The van der Waals surface area contributed by atoms with E-state index in [1.165, 1.54) is 0 Å². The monoisotopic (exact) mass is 284 g/mol. The summed E-state index contributed by atoms with van der Waals surface area (Å²) >= 11 is 0. The van der Waals surface area contributed by atoms with Crippen LogP contribution in [0.5, 0.6) is 5.75 Å². The summed E-state index contributed by atoms with van der Waals surface area (Å²) in [5.41, 5.74) is 7.48. The molecule has 0 radical (unpaired) electrons. The second-order valence-electron chi connectivity index (χ2n) is 4.75. The Morgan fingerprint density at radius 3 is 2.52 bits per heavy atom. The van der Waals surface area contributed by atoms with Gasteiger partial charge in [0.1, 0.15) is 5.75 Å². The maximum absolute atomic E-state index is 11.7. The lowest BCUT2D eigenvalue weighted by molar-refractivity contribution is -0.121. The third-order valence-corrected chi connectivity index (χ3v) is 3.06. The van der Waals surface area contributed by atoms with Gasteiger partial charge in [0.15, 0.2) is 0 Å². The predicted molar refractivity (Wildman–Crippen MR) is 83.9 cm³/mol. The van der Waals surface area contributed by atoms with Crippen LogP contribution in [0.2, 0.25) is 0 Å². The van der Waals surface area contributed by atoms with Crippen molar-refractivity contribution in [3.8, 4) is 5.75 Å². The number of nitrogen functional groups attached to an aromatic ring is 1. The van der Waals surface area contributed by atoms with Gasteiger partial charge in [0, 0.05) is 13.0 Å². The number of carbonyl (C=O) groups excluding carboxylic acids is 1. The van der Waals surface area contributed by atoms with Gasteiger partial charge in [-0.1, -0.05) is 42.5 Å². The molecule has 4 nitrogen and oxygen atoms in total. The molecule has 21 heavy (non-hydrogen) atoms. The Morgan fingerprint density at radius 1 is 1.05 bits per heavy atom. The molecule has 3 N–H and O–H groups in total. The summed E-state index contributed by atoms with van der Waals surface area (Å²) in [5.74, 6) is 0.700. The summed E-state index contributed by atoms with van der Waals surface area (Å²) in [6, 6.07) is 17.2. The van der Waals surface area contributed by atoms with Gasteiger partial charge in [-0.15, -0.1) is 0 Å². The number of ether oxygens (including phenoxy) is 1. The first-order valence-electron chi connectivity index (χ1n) is 7.03. The van der Waals surface area contributed by atoms with Crippen LogP contribution in [-0.2, 0) is 11.3 Å². The summed E-state index contributed by atoms with van der Waals surface area (Å²) in [6.07, 6.45) is 1.11. The minimum Gasteiger partial charge on any atom is -0.491 e. The number of hydrogen-bond acceptors (Lipinski definition) is 3. The fraction of sp³-hybridized carbons (Fsp3) is 0.235. The van der Waals surface area contributed by atoms with Gasteiger partial charge < -0.3 is 15.8 Å². The molecule has 0 saturated heterocycles. The van der Waals surface area contributed by atoms with Crippen LogP contribution < -0.4 is 15.8 Å². The molecule has 0 bridgehead atoms. The Labute approximate surface area is 124 Å². The molecule has 2 aromatic rings. The molecular formula is C17H20N2O2. The summed E-state index contributed by atoms with van der Waals surface area (Å²) in [5, 5.41) is 2.89. The molecule has 4 heteroatoms. The molecule has 0 aliphatic carbocycles. The normalized spacial score (nSPS) is 10.1. The number of nitrogens with two attached hydrogens (primary N) is 1. The first-order valence-corrected chi connectivity index (χ1v) is 7.03. The second kappa shape index (κ2) is 7.94. The zero-order valence-electron chi connectivity index (χ0n) is 11.9. The van der Waals surface area contributed by atoms with E-state index in [-0.39, 0.29) is 5.91 Å². The maximum Gasteiger partial charge on any atom is 0.220 e. The molecule has 0 unspecified atom stereocenters. The number of nitrogens with one attached hydrogen (secondary N) is 1. The molecule has 2 aromatic carbocycles. The molecule has 0 atom stereocenters. The average molecular weight is 284 g/mol. The van der Waals surface area contributed by atoms with Gasteiger partial charge in [0.25, 0.3) is 0 Å². The van der Waals surface area contributed by atoms with Gasteiger partial charge >= 0.3 is 0 Å². The van der Waals surface area contributed by atoms with Crippen molar-refractivity contribution in [1.82, 2.24) is 5.32 Å². The van der Waals surface area contributed by atoms with E-state index in [2.05, 4.69) is 5.32 Å². The highest BCUT2D eigenvalue weighted by Gasteiger charge is 2.02. The van der Waals surface area contributed by atoms with Gasteiger partial charge in [-0.25, -0.2) is 0 Å². The third-order valence-electron chi connectivity index (χ3n) is 3.06. The van der Waals surface area contributed by atoms with E-state index < -0.39 is 0 Å². The van der Waals surface area contributed by atoms with Gasteiger partial charge in [-0.2, -0.15) is 0 Å². The zero-order valence-corrected chi connectivity index (χ0v) is 11.9.